The summed E-state index contributed by atoms with van der Waals surface area (Å²) in [4.78, 5) is 34.1. The van der Waals surface area contributed by atoms with E-state index in [0.29, 0.717) is 19.3 Å². The Labute approximate surface area is 475 Å². The van der Waals surface area contributed by atoms with Gasteiger partial charge in [-0.2, -0.15) is 0 Å². The number of aliphatic carboxylic acids is 1. The maximum atomic E-state index is 11.9. The van der Waals surface area contributed by atoms with Crippen LogP contribution in [0.5, 0.6) is 0 Å². The van der Waals surface area contributed by atoms with Crippen molar-refractivity contribution in [3.8, 4) is 0 Å². The molecule has 0 spiro atoms. The Morgan fingerprint density at radius 3 is 0.774 bits per heavy atom. The molecule has 0 fully saturated rings. The Kier molecular flexibility index (Phi) is 78.7. The van der Waals surface area contributed by atoms with Gasteiger partial charge >= 0.3 is 107 Å². The smallest absolute Gasteiger partial charge is 1.00 e. The van der Waals surface area contributed by atoms with Gasteiger partial charge in [-0.05, 0) is 44.9 Å². The first-order chi connectivity index (χ1) is 29.0. The molecule has 0 aliphatic rings. The van der Waals surface area contributed by atoms with Crippen LogP contribution < -0.4 is 51.4 Å². The van der Waals surface area contributed by atoms with Gasteiger partial charge in [0.25, 0.3) is 0 Å². The Hall–Kier alpha value is 1.78. The van der Waals surface area contributed by atoms with E-state index in [2.05, 4.69) is 32.9 Å². The molecule has 0 aliphatic heterocycles. The molecule has 0 saturated carbocycles. The van der Waals surface area contributed by atoms with Crippen LogP contribution in [0.3, 0.4) is 0 Å². The van der Waals surface area contributed by atoms with E-state index in [-0.39, 0.29) is 123 Å². The van der Waals surface area contributed by atoms with Crippen molar-refractivity contribution < 1.29 is 79.9 Å². The van der Waals surface area contributed by atoms with Gasteiger partial charge < -0.3 is 14.1 Å². The number of rotatable bonds is 47. The van der Waals surface area contributed by atoms with Crippen LogP contribution in [0.2, 0.25) is 0 Å². The topological polar surface area (TPSA) is 80.7 Å². The van der Waals surface area contributed by atoms with Crippen molar-refractivity contribution in [3.05, 3.63) is 12.2 Å². The minimum absolute atomic E-state index is 0. The second-order valence-corrected chi connectivity index (χ2v) is 18.0. The molecular weight excluding hydrogens is 835 g/mol. The summed E-state index contributed by atoms with van der Waals surface area (Å²) in [6.45, 7) is 6.81. The molecule has 0 atom stereocenters. The van der Waals surface area contributed by atoms with Gasteiger partial charge in [0, 0.05) is 19.3 Å². The van der Waals surface area contributed by atoms with E-state index in [1.165, 1.54) is 238 Å². The maximum Gasteiger partial charge on any atom is 2.00 e. The Morgan fingerprint density at radius 2 is 0.548 bits per heavy atom. The van der Waals surface area contributed by atoms with E-state index in [1.54, 1.807) is 0 Å². The van der Waals surface area contributed by atoms with Crippen LogP contribution in [0.4, 0.5) is 0 Å². The summed E-state index contributed by atoms with van der Waals surface area (Å²) in [5, 5.41) is 8.51. The molecule has 0 amide bonds. The third-order valence-electron chi connectivity index (χ3n) is 11.8. The molecule has 0 rings (SSSR count). The van der Waals surface area contributed by atoms with Crippen LogP contribution in [0.15, 0.2) is 12.2 Å². The van der Waals surface area contributed by atoms with Gasteiger partial charge in [-0.3, -0.25) is 14.4 Å². The SMILES string of the molecule is CCCCCCCC/C=C\CCCCCCCC(=O)O.CCCCCCCCCCCCCCCCCC(=O)OC(=O)CCCCCCCCCCCCCCCCC.[AlH3].[Ca+2].[H-].[H-].[H-].[K+]. The van der Waals surface area contributed by atoms with Gasteiger partial charge in [0.15, 0.2) is 17.4 Å². The molecule has 5 nitrogen and oxygen atoms in total. The van der Waals surface area contributed by atoms with Gasteiger partial charge in [0.05, 0.1) is 0 Å². The predicted molar refractivity (Wildman–Crippen MR) is 276 cm³/mol. The predicted octanol–water partition coefficient (Wildman–Crippen LogP) is 14.5. The van der Waals surface area contributed by atoms with Crippen LogP contribution in [-0.2, 0) is 19.1 Å². The van der Waals surface area contributed by atoms with Crippen LogP contribution in [0, 0.1) is 0 Å². The Balaban J connectivity index is -0.000000179. The summed E-state index contributed by atoms with van der Waals surface area (Å²) in [7, 11) is 0. The minimum atomic E-state index is -0.664. The number of unbranched alkanes of at least 4 members (excludes halogenated alkanes) is 39. The number of ether oxygens (including phenoxy) is 1. The van der Waals surface area contributed by atoms with Crippen molar-refractivity contribution >= 4 is 73.0 Å². The largest absolute Gasteiger partial charge is 2.00 e. The number of carbonyl (C=O) groups excluding carboxylic acids is 2. The zero-order chi connectivity index (χ0) is 43.4. The molecule has 0 bridgehead atoms. The molecule has 0 aromatic carbocycles. The van der Waals surface area contributed by atoms with Crippen molar-refractivity contribution in [3.63, 3.8) is 0 Å². The van der Waals surface area contributed by atoms with E-state index < -0.39 is 5.97 Å². The molecule has 0 aromatic heterocycles. The minimum Gasteiger partial charge on any atom is -1.00 e. The summed E-state index contributed by atoms with van der Waals surface area (Å²) >= 11 is 0. The molecule has 0 aliphatic carbocycles. The summed E-state index contributed by atoms with van der Waals surface area (Å²) in [5.74, 6) is -1.31. The summed E-state index contributed by atoms with van der Waals surface area (Å²) < 4.78 is 5.01. The Morgan fingerprint density at radius 1 is 0.355 bits per heavy atom. The van der Waals surface area contributed by atoms with Gasteiger partial charge in [-0.15, -0.1) is 0 Å². The van der Waals surface area contributed by atoms with E-state index >= 15 is 0 Å². The molecule has 362 valence electrons. The van der Waals surface area contributed by atoms with Crippen LogP contribution >= 0.6 is 0 Å². The van der Waals surface area contributed by atoms with E-state index in [1.807, 2.05) is 0 Å². The first-order valence-electron chi connectivity index (χ1n) is 26.6. The number of carboxylic acids is 1. The molecular formula is C54H110AlCaKO5. The van der Waals surface area contributed by atoms with Gasteiger partial charge in [0.2, 0.25) is 0 Å². The van der Waals surface area contributed by atoms with E-state index in [0.717, 1.165) is 38.5 Å². The van der Waals surface area contributed by atoms with Crippen molar-refractivity contribution in [2.45, 2.75) is 316 Å². The fourth-order valence-corrected chi connectivity index (χ4v) is 7.86. The zero-order valence-electron chi connectivity index (χ0n) is 45.0. The molecule has 1 N–H and O–H groups in total. The summed E-state index contributed by atoms with van der Waals surface area (Å²) in [5.41, 5.74) is 0. The van der Waals surface area contributed by atoms with E-state index in [4.69, 9.17) is 9.84 Å². The van der Waals surface area contributed by atoms with Crippen molar-refractivity contribution in [2.24, 2.45) is 0 Å². The maximum absolute atomic E-state index is 11.9. The molecule has 0 radical (unpaired) electrons. The van der Waals surface area contributed by atoms with Crippen LogP contribution in [-0.4, -0.2) is 78.1 Å². The number of carbonyl (C=O) groups is 3. The second kappa shape index (κ2) is 67.0. The van der Waals surface area contributed by atoms with Crippen molar-refractivity contribution in [1.29, 1.82) is 0 Å². The summed E-state index contributed by atoms with van der Waals surface area (Å²) in [6.07, 6.45) is 61.3. The average molecular weight is 946 g/mol. The quantitative estimate of drug-likeness (QED) is 0.0216. The number of esters is 2. The molecule has 0 aromatic rings. The van der Waals surface area contributed by atoms with Gasteiger partial charge in [0.1, 0.15) is 0 Å². The fraction of sp³-hybridized carbons (Fsp3) is 0.907. The normalized spacial score (nSPS) is 10.7. The molecule has 0 saturated heterocycles. The zero-order valence-corrected chi connectivity index (χ0v) is 47.3. The van der Waals surface area contributed by atoms with E-state index in [9.17, 15) is 14.4 Å². The fourth-order valence-electron chi connectivity index (χ4n) is 7.86. The molecule has 62 heavy (non-hydrogen) atoms. The van der Waals surface area contributed by atoms with Crippen molar-refractivity contribution in [2.75, 3.05) is 0 Å². The van der Waals surface area contributed by atoms with Gasteiger partial charge in [-0.25, -0.2) is 0 Å². The Bertz CT molecular complexity index is 862. The summed E-state index contributed by atoms with van der Waals surface area (Å²) in [6, 6.07) is 0. The number of carboxylic acid groups (broad SMARTS) is 1. The van der Waals surface area contributed by atoms with Crippen LogP contribution in [0.1, 0.15) is 320 Å². The van der Waals surface area contributed by atoms with Crippen molar-refractivity contribution in [1.82, 2.24) is 0 Å². The average Bonchev–Trinajstić information content (AvgIpc) is 3.22. The molecule has 0 heterocycles. The standard InChI is InChI=1S/C36H70O3.C18H34O2.Al.Ca.K.6H/c1-3-5-7-9-11-13-15-17-19-21-23-25-27-29-31-33-35(37)39-36(38)34-32-30-28-26-24-22-20-18-16-14-12-10-8-6-4-2;1-2-3-4-5-6-7-8-9-10-11-12-13-14-15-16-17-18(19)20;;;;;;;;;/h3-34H2,1-2H3;9-10H,2-8,11-17H2,1H3,(H,19,20);;;;;;;;;/q;;;+2;+1;;;;3*-1/b;10-9-;;;;;;;;;. The third kappa shape index (κ3) is 70.8. The monoisotopic (exact) mass is 945 g/mol. The second-order valence-electron chi connectivity index (χ2n) is 18.0. The first-order valence-corrected chi connectivity index (χ1v) is 26.6. The molecule has 0 unspecified atom stereocenters. The first kappa shape index (κ1) is 72.8. The number of hydrogen-bond acceptors (Lipinski definition) is 4. The molecule has 8 heteroatoms. The van der Waals surface area contributed by atoms with Gasteiger partial charge in [-0.1, -0.05) is 264 Å². The number of allylic oxidation sites excluding steroid dienone is 2. The number of hydrogen-bond donors (Lipinski definition) is 1. The van der Waals surface area contributed by atoms with Crippen LogP contribution in [0.25, 0.3) is 0 Å². The third-order valence-corrected chi connectivity index (χ3v) is 11.8.